The second-order valence-corrected chi connectivity index (χ2v) is 6.54. The molecule has 0 aromatic heterocycles. The number of methoxy groups -OCH3 is 1. The minimum atomic E-state index is -0.650. The number of esters is 2. The smallest absolute Gasteiger partial charge is 0.347 e. The molecule has 0 radical (unpaired) electrons. The average Bonchev–Trinajstić information content (AvgIpc) is 2.75. The lowest BCUT2D eigenvalue weighted by molar-refractivity contribution is 0.0593. The lowest BCUT2D eigenvalue weighted by Gasteiger charge is -2.13. The molecular weight excluding hydrogens is 392 g/mol. The van der Waals surface area contributed by atoms with E-state index in [-0.39, 0.29) is 16.9 Å². The minimum absolute atomic E-state index is 0.0605. The maximum Gasteiger partial charge on any atom is 0.347 e. The Morgan fingerprint density at radius 1 is 0.828 bits per heavy atom. The molecule has 3 aromatic carbocycles. The van der Waals surface area contributed by atoms with Crippen molar-refractivity contribution in [3.8, 4) is 11.5 Å². The van der Waals surface area contributed by atoms with E-state index in [2.05, 4.69) is 0 Å². The summed E-state index contributed by atoms with van der Waals surface area (Å²) in [5.41, 5.74) is 1.46. The second-order valence-electron chi connectivity index (χ2n) is 6.10. The Hall–Kier alpha value is -3.31. The van der Waals surface area contributed by atoms with Gasteiger partial charge in [-0.2, -0.15) is 0 Å². The van der Waals surface area contributed by atoms with Gasteiger partial charge in [-0.1, -0.05) is 54.1 Å². The van der Waals surface area contributed by atoms with Crippen molar-refractivity contribution < 1.29 is 23.8 Å². The van der Waals surface area contributed by atoms with Crippen LogP contribution in [0.15, 0.2) is 72.8 Å². The molecule has 0 bridgehead atoms. The third-order valence-electron chi connectivity index (χ3n) is 4.15. The molecule has 0 spiro atoms. The lowest BCUT2D eigenvalue weighted by atomic mass is 10.1. The predicted molar refractivity (Wildman–Crippen MR) is 110 cm³/mol. The van der Waals surface area contributed by atoms with E-state index in [1.165, 1.54) is 25.3 Å². The zero-order valence-electron chi connectivity index (χ0n) is 15.8. The molecule has 3 aromatic rings. The van der Waals surface area contributed by atoms with Crippen LogP contribution in [0.4, 0.5) is 0 Å². The van der Waals surface area contributed by atoms with Crippen molar-refractivity contribution in [1.29, 1.82) is 0 Å². The Morgan fingerprint density at radius 3 is 2.31 bits per heavy atom. The fourth-order valence-electron chi connectivity index (χ4n) is 2.70. The Kier molecular flexibility index (Phi) is 6.87. The van der Waals surface area contributed by atoms with E-state index in [0.717, 1.165) is 5.56 Å². The van der Waals surface area contributed by atoms with Crippen LogP contribution < -0.4 is 9.47 Å². The summed E-state index contributed by atoms with van der Waals surface area (Å²) in [6.45, 7) is 0.405. The predicted octanol–water partition coefficient (Wildman–Crippen LogP) is 4.97. The summed E-state index contributed by atoms with van der Waals surface area (Å²) in [6.07, 6.45) is 0.702. The van der Waals surface area contributed by atoms with Crippen molar-refractivity contribution in [3.05, 3.63) is 94.5 Å². The van der Waals surface area contributed by atoms with Crippen LogP contribution in [0.1, 0.15) is 26.3 Å². The molecule has 148 valence electrons. The molecule has 6 heteroatoms. The Balaban J connectivity index is 1.74. The Bertz CT molecular complexity index is 1000. The van der Waals surface area contributed by atoms with Crippen molar-refractivity contribution in [2.24, 2.45) is 0 Å². The number of hydrogen-bond donors (Lipinski definition) is 0. The van der Waals surface area contributed by atoms with Crippen LogP contribution in [-0.4, -0.2) is 25.7 Å². The van der Waals surface area contributed by atoms with Gasteiger partial charge in [0.25, 0.3) is 0 Å². The molecule has 3 rings (SSSR count). The summed E-state index contributed by atoms with van der Waals surface area (Å²) in [7, 11) is 1.24. The monoisotopic (exact) mass is 410 g/mol. The maximum atomic E-state index is 12.7. The molecule has 0 atom stereocenters. The van der Waals surface area contributed by atoms with Crippen LogP contribution in [0, 0.1) is 0 Å². The molecule has 29 heavy (non-hydrogen) atoms. The topological polar surface area (TPSA) is 61.8 Å². The van der Waals surface area contributed by atoms with Gasteiger partial charge in [0, 0.05) is 11.4 Å². The van der Waals surface area contributed by atoms with Gasteiger partial charge >= 0.3 is 11.9 Å². The third-order valence-corrected chi connectivity index (χ3v) is 4.38. The first-order valence-electron chi connectivity index (χ1n) is 8.94. The summed E-state index contributed by atoms with van der Waals surface area (Å²) in [4.78, 5) is 24.7. The Morgan fingerprint density at radius 2 is 1.55 bits per heavy atom. The standard InChI is InChI=1S/C23H19ClO5/c1-27-22(25)19-15-17(24)11-12-21(19)29-23(26)18-9-5-6-10-20(18)28-14-13-16-7-3-2-4-8-16/h2-12,15H,13-14H2,1H3. The van der Waals surface area contributed by atoms with Crippen LogP contribution in [0.3, 0.4) is 0 Å². The SMILES string of the molecule is COC(=O)c1cc(Cl)ccc1OC(=O)c1ccccc1OCCc1ccccc1. The number of rotatable bonds is 7. The van der Waals surface area contributed by atoms with E-state index >= 15 is 0 Å². The highest BCUT2D eigenvalue weighted by Crippen LogP contribution is 2.26. The van der Waals surface area contributed by atoms with Gasteiger partial charge in [-0.15, -0.1) is 0 Å². The van der Waals surface area contributed by atoms with E-state index in [1.807, 2.05) is 30.3 Å². The van der Waals surface area contributed by atoms with Crippen LogP contribution in [0.5, 0.6) is 11.5 Å². The van der Waals surface area contributed by atoms with Gasteiger partial charge < -0.3 is 14.2 Å². The highest BCUT2D eigenvalue weighted by molar-refractivity contribution is 6.31. The molecule has 0 aliphatic heterocycles. The third kappa shape index (κ3) is 5.36. The van der Waals surface area contributed by atoms with Crippen molar-refractivity contribution in [2.75, 3.05) is 13.7 Å². The number of carbonyl (C=O) groups excluding carboxylic acids is 2. The largest absolute Gasteiger partial charge is 0.492 e. The molecule has 0 fully saturated rings. The van der Waals surface area contributed by atoms with E-state index in [0.29, 0.717) is 23.8 Å². The summed E-state index contributed by atoms with van der Waals surface area (Å²) in [5, 5.41) is 0.329. The quantitative estimate of drug-likeness (QED) is 0.406. The summed E-state index contributed by atoms with van der Waals surface area (Å²) in [5.74, 6) is -0.831. The minimum Gasteiger partial charge on any atom is -0.492 e. The molecular formula is C23H19ClO5. The van der Waals surface area contributed by atoms with E-state index in [9.17, 15) is 9.59 Å². The summed E-state index contributed by atoms with van der Waals surface area (Å²) >= 11 is 5.94. The van der Waals surface area contributed by atoms with Crippen LogP contribution >= 0.6 is 11.6 Å². The highest BCUT2D eigenvalue weighted by Gasteiger charge is 2.20. The van der Waals surface area contributed by atoms with Crippen LogP contribution in [0.25, 0.3) is 0 Å². The maximum absolute atomic E-state index is 12.7. The van der Waals surface area contributed by atoms with Gasteiger partial charge in [-0.25, -0.2) is 9.59 Å². The molecule has 0 saturated heterocycles. The second kappa shape index (κ2) is 9.75. The molecule has 0 amide bonds. The number of ether oxygens (including phenoxy) is 3. The number of hydrogen-bond acceptors (Lipinski definition) is 5. The molecule has 0 aliphatic rings. The molecule has 0 unspecified atom stereocenters. The average molecular weight is 411 g/mol. The first kappa shape index (κ1) is 20.4. The fraction of sp³-hybridized carbons (Fsp3) is 0.130. The van der Waals surface area contributed by atoms with Gasteiger partial charge in [-0.3, -0.25) is 0 Å². The summed E-state index contributed by atoms with van der Waals surface area (Å²) < 4.78 is 16.0. The molecule has 0 N–H and O–H groups in total. The number of benzene rings is 3. The summed E-state index contributed by atoms with van der Waals surface area (Å²) in [6, 6.07) is 21.1. The van der Waals surface area contributed by atoms with Crippen LogP contribution in [-0.2, 0) is 11.2 Å². The zero-order chi connectivity index (χ0) is 20.6. The zero-order valence-corrected chi connectivity index (χ0v) is 16.5. The normalized spacial score (nSPS) is 10.3. The fourth-order valence-corrected chi connectivity index (χ4v) is 2.87. The Labute approximate surface area is 173 Å². The van der Waals surface area contributed by atoms with E-state index in [1.54, 1.807) is 24.3 Å². The number of para-hydroxylation sites is 1. The van der Waals surface area contributed by atoms with Crippen molar-refractivity contribution in [1.82, 2.24) is 0 Å². The van der Waals surface area contributed by atoms with Crippen molar-refractivity contribution in [3.63, 3.8) is 0 Å². The van der Waals surface area contributed by atoms with Crippen molar-refractivity contribution >= 4 is 23.5 Å². The molecule has 0 aliphatic carbocycles. The van der Waals surface area contributed by atoms with E-state index in [4.69, 9.17) is 25.8 Å². The number of carbonyl (C=O) groups is 2. The lowest BCUT2D eigenvalue weighted by Crippen LogP contribution is -2.14. The number of halogens is 1. The van der Waals surface area contributed by atoms with Crippen molar-refractivity contribution in [2.45, 2.75) is 6.42 Å². The van der Waals surface area contributed by atoms with E-state index < -0.39 is 11.9 Å². The molecule has 0 saturated carbocycles. The van der Waals surface area contributed by atoms with Gasteiger partial charge in [0.1, 0.15) is 22.6 Å². The van der Waals surface area contributed by atoms with Gasteiger partial charge in [0.2, 0.25) is 0 Å². The molecule has 0 heterocycles. The van der Waals surface area contributed by atoms with Gasteiger partial charge in [0.15, 0.2) is 0 Å². The highest BCUT2D eigenvalue weighted by atomic mass is 35.5. The van der Waals surface area contributed by atoms with Gasteiger partial charge in [-0.05, 0) is 35.9 Å². The molecule has 5 nitrogen and oxygen atoms in total. The van der Waals surface area contributed by atoms with Crippen LogP contribution in [0.2, 0.25) is 5.02 Å². The first-order valence-corrected chi connectivity index (χ1v) is 9.32. The first-order chi connectivity index (χ1) is 14.1. The van der Waals surface area contributed by atoms with Gasteiger partial charge in [0.05, 0.1) is 13.7 Å².